The van der Waals surface area contributed by atoms with Gasteiger partial charge >= 0.3 is 0 Å². The standard InChI is InChI=1S/C16H27N/c1-6-8-14(7-2)17-15-11-9-13(10-12-15)16(3,4)5/h9-12,14,17H,6-8H2,1-5H3. The minimum absolute atomic E-state index is 0.242. The second-order valence-electron chi connectivity index (χ2n) is 5.87. The van der Waals surface area contributed by atoms with Crippen LogP contribution in [0.3, 0.4) is 0 Å². The number of hydrogen-bond donors (Lipinski definition) is 1. The van der Waals surface area contributed by atoms with E-state index in [0.29, 0.717) is 6.04 Å². The van der Waals surface area contributed by atoms with E-state index in [1.165, 1.54) is 30.5 Å². The Labute approximate surface area is 107 Å². The number of nitrogens with one attached hydrogen (secondary N) is 1. The summed E-state index contributed by atoms with van der Waals surface area (Å²) in [6.45, 7) is 11.2. The van der Waals surface area contributed by atoms with Crippen molar-refractivity contribution in [1.29, 1.82) is 0 Å². The third kappa shape index (κ3) is 4.41. The lowest BCUT2D eigenvalue weighted by atomic mass is 9.87. The Morgan fingerprint density at radius 2 is 1.65 bits per heavy atom. The summed E-state index contributed by atoms with van der Waals surface area (Å²) in [6, 6.07) is 9.50. The van der Waals surface area contributed by atoms with Crippen molar-refractivity contribution in [1.82, 2.24) is 0 Å². The molecule has 0 aliphatic rings. The van der Waals surface area contributed by atoms with Crippen molar-refractivity contribution in [3.05, 3.63) is 29.8 Å². The van der Waals surface area contributed by atoms with Crippen molar-refractivity contribution in [3.8, 4) is 0 Å². The van der Waals surface area contributed by atoms with Crippen LogP contribution in [-0.2, 0) is 5.41 Å². The van der Waals surface area contributed by atoms with Gasteiger partial charge in [-0.25, -0.2) is 0 Å². The van der Waals surface area contributed by atoms with Gasteiger partial charge in [-0.15, -0.1) is 0 Å². The first-order valence-corrected chi connectivity index (χ1v) is 6.84. The summed E-state index contributed by atoms with van der Waals surface area (Å²) < 4.78 is 0. The minimum Gasteiger partial charge on any atom is -0.382 e. The fourth-order valence-electron chi connectivity index (χ4n) is 2.03. The highest BCUT2D eigenvalue weighted by molar-refractivity contribution is 5.46. The van der Waals surface area contributed by atoms with Crippen LogP contribution in [-0.4, -0.2) is 6.04 Å². The summed E-state index contributed by atoms with van der Waals surface area (Å²) in [5.74, 6) is 0. The van der Waals surface area contributed by atoms with Crippen LogP contribution in [0.25, 0.3) is 0 Å². The summed E-state index contributed by atoms with van der Waals surface area (Å²) in [4.78, 5) is 0. The second kappa shape index (κ2) is 6.09. The van der Waals surface area contributed by atoms with E-state index in [-0.39, 0.29) is 5.41 Å². The lowest BCUT2D eigenvalue weighted by Crippen LogP contribution is -2.18. The first-order chi connectivity index (χ1) is 7.97. The smallest absolute Gasteiger partial charge is 0.0342 e. The molecule has 0 aromatic heterocycles. The maximum atomic E-state index is 3.61. The van der Waals surface area contributed by atoms with E-state index in [0.717, 1.165) is 0 Å². The molecule has 0 saturated heterocycles. The SMILES string of the molecule is CCCC(CC)Nc1ccc(C(C)(C)C)cc1. The average Bonchev–Trinajstić information content (AvgIpc) is 2.28. The van der Waals surface area contributed by atoms with Crippen molar-refractivity contribution in [2.45, 2.75) is 65.3 Å². The van der Waals surface area contributed by atoms with Gasteiger partial charge in [0.1, 0.15) is 0 Å². The quantitative estimate of drug-likeness (QED) is 0.756. The fraction of sp³-hybridized carbons (Fsp3) is 0.625. The van der Waals surface area contributed by atoms with Gasteiger partial charge in [-0.2, -0.15) is 0 Å². The molecule has 0 aliphatic heterocycles. The molecule has 96 valence electrons. The van der Waals surface area contributed by atoms with E-state index in [4.69, 9.17) is 0 Å². The summed E-state index contributed by atoms with van der Waals surface area (Å²) in [7, 11) is 0. The Morgan fingerprint density at radius 1 is 1.06 bits per heavy atom. The molecule has 17 heavy (non-hydrogen) atoms. The van der Waals surface area contributed by atoms with Crippen molar-refractivity contribution < 1.29 is 0 Å². The van der Waals surface area contributed by atoms with Crippen LogP contribution in [0.1, 0.15) is 59.4 Å². The van der Waals surface area contributed by atoms with Crippen molar-refractivity contribution in [3.63, 3.8) is 0 Å². The highest BCUT2D eigenvalue weighted by atomic mass is 14.9. The van der Waals surface area contributed by atoms with Crippen molar-refractivity contribution >= 4 is 5.69 Å². The van der Waals surface area contributed by atoms with Crippen LogP contribution in [0.15, 0.2) is 24.3 Å². The predicted octanol–water partition coefficient (Wildman–Crippen LogP) is 4.97. The van der Waals surface area contributed by atoms with Crippen LogP contribution < -0.4 is 5.32 Å². The van der Waals surface area contributed by atoms with Crippen molar-refractivity contribution in [2.24, 2.45) is 0 Å². The zero-order valence-corrected chi connectivity index (χ0v) is 12.0. The minimum atomic E-state index is 0.242. The van der Waals surface area contributed by atoms with Gasteiger partial charge in [-0.3, -0.25) is 0 Å². The number of rotatable bonds is 5. The summed E-state index contributed by atoms with van der Waals surface area (Å²) in [5, 5.41) is 3.61. The van der Waals surface area contributed by atoms with Gasteiger partial charge in [0.25, 0.3) is 0 Å². The highest BCUT2D eigenvalue weighted by Crippen LogP contribution is 2.24. The normalized spacial score (nSPS) is 13.5. The van der Waals surface area contributed by atoms with Gasteiger partial charge < -0.3 is 5.32 Å². The Morgan fingerprint density at radius 3 is 2.06 bits per heavy atom. The third-order valence-corrected chi connectivity index (χ3v) is 3.25. The van der Waals surface area contributed by atoms with Gasteiger partial charge in [0, 0.05) is 11.7 Å². The van der Waals surface area contributed by atoms with E-state index in [9.17, 15) is 0 Å². The lowest BCUT2D eigenvalue weighted by Gasteiger charge is -2.21. The maximum Gasteiger partial charge on any atom is 0.0342 e. The molecule has 1 heteroatoms. The van der Waals surface area contributed by atoms with Crippen molar-refractivity contribution in [2.75, 3.05) is 5.32 Å². The molecule has 0 spiro atoms. The van der Waals surface area contributed by atoms with Gasteiger partial charge in [0.15, 0.2) is 0 Å². The zero-order valence-electron chi connectivity index (χ0n) is 12.0. The molecule has 1 aromatic rings. The Kier molecular flexibility index (Phi) is 5.04. The summed E-state index contributed by atoms with van der Waals surface area (Å²) in [5.41, 5.74) is 2.89. The first-order valence-electron chi connectivity index (χ1n) is 6.84. The van der Waals surface area contributed by atoms with Gasteiger partial charge in [0.2, 0.25) is 0 Å². The molecule has 1 aromatic carbocycles. The van der Waals surface area contributed by atoms with Gasteiger partial charge in [0.05, 0.1) is 0 Å². The molecule has 0 aliphatic carbocycles. The van der Waals surface area contributed by atoms with E-state index >= 15 is 0 Å². The summed E-state index contributed by atoms with van der Waals surface area (Å²) >= 11 is 0. The fourth-order valence-corrected chi connectivity index (χ4v) is 2.03. The first kappa shape index (κ1) is 14.1. The predicted molar refractivity (Wildman–Crippen MR) is 77.8 cm³/mol. The zero-order chi connectivity index (χ0) is 12.9. The number of anilines is 1. The molecular formula is C16H27N. The van der Waals surface area contributed by atoms with E-state index in [2.05, 4.69) is 64.2 Å². The number of benzene rings is 1. The van der Waals surface area contributed by atoms with Gasteiger partial charge in [-0.1, -0.05) is 53.2 Å². The Balaban J connectivity index is 2.68. The third-order valence-electron chi connectivity index (χ3n) is 3.25. The lowest BCUT2D eigenvalue weighted by molar-refractivity contribution is 0.590. The molecule has 0 saturated carbocycles. The van der Waals surface area contributed by atoms with Crippen LogP contribution >= 0.6 is 0 Å². The Bertz CT molecular complexity index is 318. The van der Waals surface area contributed by atoms with Gasteiger partial charge in [-0.05, 0) is 36.0 Å². The van der Waals surface area contributed by atoms with Crippen LogP contribution in [0.5, 0.6) is 0 Å². The van der Waals surface area contributed by atoms with Crippen LogP contribution in [0.4, 0.5) is 5.69 Å². The van der Waals surface area contributed by atoms with E-state index in [1.54, 1.807) is 0 Å². The molecular weight excluding hydrogens is 206 g/mol. The largest absolute Gasteiger partial charge is 0.382 e. The van der Waals surface area contributed by atoms with E-state index < -0.39 is 0 Å². The highest BCUT2D eigenvalue weighted by Gasteiger charge is 2.13. The van der Waals surface area contributed by atoms with Crippen LogP contribution in [0, 0.1) is 0 Å². The molecule has 1 atom stereocenters. The molecule has 1 N–H and O–H groups in total. The monoisotopic (exact) mass is 233 g/mol. The molecule has 0 radical (unpaired) electrons. The Hall–Kier alpha value is -0.980. The molecule has 0 heterocycles. The number of hydrogen-bond acceptors (Lipinski definition) is 1. The molecule has 0 fully saturated rings. The molecule has 1 rings (SSSR count). The summed E-state index contributed by atoms with van der Waals surface area (Å²) in [6.07, 6.45) is 3.68. The average molecular weight is 233 g/mol. The molecule has 0 bridgehead atoms. The molecule has 1 unspecified atom stereocenters. The molecule has 1 nitrogen and oxygen atoms in total. The van der Waals surface area contributed by atoms with Crippen LogP contribution in [0.2, 0.25) is 0 Å². The second-order valence-corrected chi connectivity index (χ2v) is 5.87. The van der Waals surface area contributed by atoms with E-state index in [1.807, 2.05) is 0 Å². The topological polar surface area (TPSA) is 12.0 Å². The maximum absolute atomic E-state index is 3.61. The molecule has 0 amide bonds.